The number of hydrogen-bond acceptors (Lipinski definition) is 2. The summed E-state index contributed by atoms with van der Waals surface area (Å²) >= 11 is 10.8. The van der Waals surface area contributed by atoms with E-state index in [-0.39, 0.29) is 4.49 Å². The Morgan fingerprint density at radius 3 is 2.82 bits per heavy atom. The number of halogens is 2. The van der Waals surface area contributed by atoms with Crippen LogP contribution in [-0.2, 0) is 0 Å². The van der Waals surface area contributed by atoms with Crippen LogP contribution in [0.1, 0.15) is 5.69 Å². The molecule has 1 aromatic rings. The number of nitrogen functional groups attached to an aromatic ring is 1. The zero-order chi connectivity index (χ0) is 8.27. The van der Waals surface area contributed by atoms with Crippen molar-refractivity contribution in [1.82, 2.24) is 4.98 Å². The summed E-state index contributed by atoms with van der Waals surface area (Å²) in [6.07, 6.45) is 3.12. The van der Waals surface area contributed by atoms with E-state index in [4.69, 9.17) is 28.9 Å². The fraction of sp³-hybridized carbons (Fsp3) is 0. The zero-order valence-electron chi connectivity index (χ0n) is 5.59. The summed E-state index contributed by atoms with van der Waals surface area (Å²) in [4.78, 5) is 3.95. The van der Waals surface area contributed by atoms with Crippen molar-refractivity contribution >= 4 is 35.0 Å². The second kappa shape index (κ2) is 3.60. The molecule has 2 N–H and O–H groups in total. The van der Waals surface area contributed by atoms with Crippen LogP contribution >= 0.6 is 23.2 Å². The fourth-order valence-corrected chi connectivity index (χ4v) is 0.861. The van der Waals surface area contributed by atoms with E-state index in [2.05, 4.69) is 4.98 Å². The van der Waals surface area contributed by atoms with Crippen LogP contribution in [-0.4, -0.2) is 4.98 Å². The van der Waals surface area contributed by atoms with Crippen molar-refractivity contribution in [3.63, 3.8) is 0 Å². The molecule has 2 nitrogen and oxygen atoms in total. The number of rotatable bonds is 1. The van der Waals surface area contributed by atoms with Crippen molar-refractivity contribution in [2.45, 2.75) is 0 Å². The number of anilines is 1. The molecule has 0 aliphatic heterocycles. The van der Waals surface area contributed by atoms with E-state index < -0.39 is 0 Å². The van der Waals surface area contributed by atoms with Crippen LogP contribution in [0.3, 0.4) is 0 Å². The van der Waals surface area contributed by atoms with Gasteiger partial charge in [0.15, 0.2) is 0 Å². The lowest BCUT2D eigenvalue weighted by atomic mass is 10.3. The van der Waals surface area contributed by atoms with Gasteiger partial charge in [-0.3, -0.25) is 4.98 Å². The Morgan fingerprint density at radius 2 is 2.27 bits per heavy atom. The van der Waals surface area contributed by atoms with Gasteiger partial charge in [-0.05, 0) is 18.2 Å². The van der Waals surface area contributed by atoms with Crippen LogP contribution in [0.5, 0.6) is 0 Å². The van der Waals surface area contributed by atoms with E-state index in [9.17, 15) is 0 Å². The van der Waals surface area contributed by atoms with Gasteiger partial charge in [-0.1, -0.05) is 23.2 Å². The fourth-order valence-electron chi connectivity index (χ4n) is 0.654. The topological polar surface area (TPSA) is 38.9 Å². The molecule has 1 aromatic heterocycles. The Hall–Kier alpha value is -0.730. The molecule has 11 heavy (non-hydrogen) atoms. The molecular formula is C7H6Cl2N2. The second-order valence-corrected chi connectivity index (χ2v) is 2.92. The van der Waals surface area contributed by atoms with Gasteiger partial charge in [0.2, 0.25) is 0 Å². The lowest BCUT2D eigenvalue weighted by Crippen LogP contribution is -1.90. The van der Waals surface area contributed by atoms with Crippen LogP contribution in [0, 0.1) is 0 Å². The van der Waals surface area contributed by atoms with Crippen molar-refractivity contribution in [3.8, 4) is 0 Å². The maximum absolute atomic E-state index is 5.54. The molecule has 0 amide bonds. The van der Waals surface area contributed by atoms with Crippen LogP contribution < -0.4 is 5.73 Å². The van der Waals surface area contributed by atoms with E-state index in [1.807, 2.05) is 0 Å². The highest BCUT2D eigenvalue weighted by atomic mass is 35.5. The van der Waals surface area contributed by atoms with E-state index in [0.29, 0.717) is 11.4 Å². The highest BCUT2D eigenvalue weighted by molar-refractivity contribution is 6.57. The first-order valence-corrected chi connectivity index (χ1v) is 3.69. The van der Waals surface area contributed by atoms with Gasteiger partial charge in [0, 0.05) is 6.20 Å². The average Bonchev–Trinajstić information content (AvgIpc) is 1.93. The number of aromatic nitrogens is 1. The van der Waals surface area contributed by atoms with Gasteiger partial charge in [-0.15, -0.1) is 0 Å². The molecular weight excluding hydrogens is 183 g/mol. The maximum Gasteiger partial charge on any atom is 0.109 e. The lowest BCUT2D eigenvalue weighted by molar-refractivity contribution is 1.30. The molecule has 0 saturated heterocycles. The van der Waals surface area contributed by atoms with Crippen molar-refractivity contribution in [3.05, 3.63) is 28.5 Å². The molecule has 0 bridgehead atoms. The van der Waals surface area contributed by atoms with Gasteiger partial charge in [-0.2, -0.15) is 0 Å². The Kier molecular flexibility index (Phi) is 2.74. The van der Waals surface area contributed by atoms with Crippen molar-refractivity contribution in [1.29, 1.82) is 0 Å². The predicted molar refractivity (Wildman–Crippen MR) is 48.3 cm³/mol. The Balaban J connectivity index is 3.04. The molecule has 58 valence electrons. The Bertz CT molecular complexity index is 280. The number of pyridine rings is 1. The first kappa shape index (κ1) is 8.37. The molecule has 1 rings (SSSR count). The minimum Gasteiger partial charge on any atom is -0.397 e. The molecule has 1 heterocycles. The van der Waals surface area contributed by atoms with Crippen molar-refractivity contribution in [2.24, 2.45) is 0 Å². The number of nitrogens with zero attached hydrogens (tertiary/aromatic N) is 1. The minimum absolute atomic E-state index is 0.149. The van der Waals surface area contributed by atoms with Gasteiger partial charge in [0.25, 0.3) is 0 Å². The van der Waals surface area contributed by atoms with Crippen LogP contribution in [0.4, 0.5) is 5.69 Å². The Morgan fingerprint density at radius 1 is 1.55 bits per heavy atom. The summed E-state index contributed by atoms with van der Waals surface area (Å²) in [5, 5.41) is 0. The third-order valence-corrected chi connectivity index (χ3v) is 1.34. The molecule has 0 aromatic carbocycles. The molecule has 0 aliphatic carbocycles. The van der Waals surface area contributed by atoms with E-state index >= 15 is 0 Å². The molecule has 0 fully saturated rings. The summed E-state index contributed by atoms with van der Waals surface area (Å²) in [5.41, 5.74) is 6.70. The Labute approximate surface area is 74.6 Å². The quantitative estimate of drug-likeness (QED) is 0.736. The van der Waals surface area contributed by atoms with Gasteiger partial charge >= 0.3 is 0 Å². The maximum atomic E-state index is 5.54. The third kappa shape index (κ3) is 2.41. The largest absolute Gasteiger partial charge is 0.397 e. The molecule has 0 saturated carbocycles. The molecule has 0 aliphatic rings. The zero-order valence-corrected chi connectivity index (χ0v) is 7.10. The molecule has 4 heteroatoms. The summed E-state index contributed by atoms with van der Waals surface area (Å²) in [7, 11) is 0. The van der Waals surface area contributed by atoms with Gasteiger partial charge in [0.05, 0.1) is 11.4 Å². The van der Waals surface area contributed by atoms with Gasteiger partial charge in [0.1, 0.15) is 4.49 Å². The van der Waals surface area contributed by atoms with E-state index in [0.717, 1.165) is 0 Å². The van der Waals surface area contributed by atoms with E-state index in [1.165, 1.54) is 6.08 Å². The minimum atomic E-state index is 0.149. The molecule has 0 spiro atoms. The summed E-state index contributed by atoms with van der Waals surface area (Å²) < 4.78 is 0.149. The van der Waals surface area contributed by atoms with Crippen molar-refractivity contribution in [2.75, 3.05) is 5.73 Å². The van der Waals surface area contributed by atoms with Crippen LogP contribution in [0.15, 0.2) is 22.8 Å². The smallest absolute Gasteiger partial charge is 0.109 e. The summed E-state index contributed by atoms with van der Waals surface area (Å²) in [5.74, 6) is 0. The van der Waals surface area contributed by atoms with Gasteiger partial charge in [-0.25, -0.2) is 0 Å². The first-order chi connectivity index (χ1) is 5.20. The second-order valence-electron chi connectivity index (χ2n) is 1.91. The first-order valence-electron chi connectivity index (χ1n) is 2.93. The van der Waals surface area contributed by atoms with Crippen LogP contribution in [0.2, 0.25) is 0 Å². The summed E-state index contributed by atoms with van der Waals surface area (Å²) in [6.45, 7) is 0. The highest BCUT2D eigenvalue weighted by Gasteiger charge is 1.94. The predicted octanol–water partition coefficient (Wildman–Crippen LogP) is 2.44. The standard InChI is InChI=1S/C7H6Cl2N2/c8-7(9)4-6-5(10)2-1-3-11-6/h1-4H,10H2. The SMILES string of the molecule is Nc1cccnc1C=C(Cl)Cl. The lowest BCUT2D eigenvalue weighted by Gasteiger charge is -1.96. The molecule has 0 radical (unpaired) electrons. The average molecular weight is 189 g/mol. The van der Waals surface area contributed by atoms with Gasteiger partial charge < -0.3 is 5.73 Å². The molecule has 0 unspecified atom stereocenters. The number of hydrogen-bond donors (Lipinski definition) is 1. The highest BCUT2D eigenvalue weighted by Crippen LogP contribution is 2.15. The van der Waals surface area contributed by atoms with Crippen LogP contribution in [0.25, 0.3) is 6.08 Å². The molecule has 0 atom stereocenters. The van der Waals surface area contributed by atoms with E-state index in [1.54, 1.807) is 18.3 Å². The summed E-state index contributed by atoms with van der Waals surface area (Å²) in [6, 6.07) is 3.48. The van der Waals surface area contributed by atoms with Crippen molar-refractivity contribution < 1.29 is 0 Å². The monoisotopic (exact) mass is 188 g/mol. The normalized spacial score (nSPS) is 9.27. The third-order valence-electron chi connectivity index (χ3n) is 1.12. The number of nitrogens with two attached hydrogens (primary N) is 1.